The molecule has 0 saturated carbocycles. The number of carbonyl (C=O) groups is 1. The summed E-state index contributed by atoms with van der Waals surface area (Å²) in [4.78, 5) is 17.9. The molecule has 0 aliphatic rings. The highest BCUT2D eigenvalue weighted by molar-refractivity contribution is 5.76. The third kappa shape index (κ3) is 4.70. The van der Waals surface area contributed by atoms with E-state index >= 15 is 0 Å². The molecule has 6 nitrogen and oxygen atoms in total. The molecule has 0 fully saturated rings. The minimum Gasteiger partial charge on any atom is -0.497 e. The average Bonchev–Trinajstić information content (AvgIpc) is 3.17. The summed E-state index contributed by atoms with van der Waals surface area (Å²) in [6.45, 7) is 0.0475. The van der Waals surface area contributed by atoms with Gasteiger partial charge < -0.3 is 14.2 Å². The quantitative estimate of drug-likeness (QED) is 0.619. The molecule has 0 saturated heterocycles. The van der Waals surface area contributed by atoms with Gasteiger partial charge in [-0.3, -0.25) is 4.79 Å². The van der Waals surface area contributed by atoms with Crippen LogP contribution < -0.4 is 4.74 Å². The Morgan fingerprint density at radius 2 is 1.93 bits per heavy atom. The first-order valence-corrected chi connectivity index (χ1v) is 8.61. The van der Waals surface area contributed by atoms with E-state index in [1.54, 1.807) is 26.3 Å². The van der Waals surface area contributed by atoms with Gasteiger partial charge >= 0.3 is 0 Å². The van der Waals surface area contributed by atoms with Crippen LogP contribution in [0.1, 0.15) is 17.9 Å². The number of benzene rings is 2. The smallest absolute Gasteiger partial charge is 0.227 e. The molecule has 28 heavy (non-hydrogen) atoms. The Morgan fingerprint density at radius 1 is 1.18 bits per heavy atom. The molecule has 2 aromatic carbocycles. The molecule has 1 amide bonds. The van der Waals surface area contributed by atoms with Gasteiger partial charge in [-0.2, -0.15) is 4.98 Å². The zero-order valence-corrected chi connectivity index (χ0v) is 15.5. The molecule has 8 heteroatoms. The number of hydrogen-bond donors (Lipinski definition) is 0. The lowest BCUT2D eigenvalue weighted by Gasteiger charge is -2.17. The summed E-state index contributed by atoms with van der Waals surface area (Å²) in [6, 6.07) is 10.5. The van der Waals surface area contributed by atoms with Gasteiger partial charge in [0, 0.05) is 43.6 Å². The van der Waals surface area contributed by atoms with Gasteiger partial charge in [0.15, 0.2) is 0 Å². The van der Waals surface area contributed by atoms with Crippen LogP contribution in [0, 0.1) is 11.6 Å². The number of aryl methyl sites for hydroxylation is 1. The second-order valence-corrected chi connectivity index (χ2v) is 6.23. The summed E-state index contributed by atoms with van der Waals surface area (Å²) in [6.07, 6.45) is 0.391. The molecule has 3 aromatic rings. The molecular formula is C20H19F2N3O3. The predicted molar refractivity (Wildman–Crippen MR) is 97.4 cm³/mol. The van der Waals surface area contributed by atoms with Crippen LogP contribution in [0.3, 0.4) is 0 Å². The third-order valence-corrected chi connectivity index (χ3v) is 4.22. The van der Waals surface area contributed by atoms with Gasteiger partial charge in [-0.15, -0.1) is 0 Å². The molecule has 0 N–H and O–H groups in total. The molecule has 0 aliphatic carbocycles. The van der Waals surface area contributed by atoms with Crippen molar-refractivity contribution in [1.82, 2.24) is 15.0 Å². The van der Waals surface area contributed by atoms with E-state index in [2.05, 4.69) is 10.1 Å². The normalized spacial score (nSPS) is 10.7. The van der Waals surface area contributed by atoms with Gasteiger partial charge in [0.1, 0.15) is 17.4 Å². The fourth-order valence-corrected chi connectivity index (χ4v) is 2.61. The zero-order valence-electron chi connectivity index (χ0n) is 15.5. The maximum absolute atomic E-state index is 13.7. The van der Waals surface area contributed by atoms with Crippen LogP contribution in [0.5, 0.6) is 5.75 Å². The molecule has 0 bridgehead atoms. The molecule has 3 rings (SSSR count). The second kappa shape index (κ2) is 8.60. The summed E-state index contributed by atoms with van der Waals surface area (Å²) in [5.41, 5.74) is 1.02. The Hall–Kier alpha value is -3.29. The van der Waals surface area contributed by atoms with Crippen molar-refractivity contribution >= 4 is 5.91 Å². The Labute approximate surface area is 160 Å². The molecular weight excluding hydrogens is 368 g/mol. The largest absolute Gasteiger partial charge is 0.497 e. The number of ether oxygens (including phenoxy) is 1. The number of methoxy groups -OCH3 is 1. The van der Waals surface area contributed by atoms with Crippen molar-refractivity contribution in [2.75, 3.05) is 14.2 Å². The van der Waals surface area contributed by atoms with Crippen LogP contribution in [0.15, 0.2) is 47.0 Å². The Balaban J connectivity index is 1.56. The zero-order chi connectivity index (χ0) is 20.1. The van der Waals surface area contributed by atoms with Crippen molar-refractivity contribution in [3.05, 3.63) is 65.6 Å². The Kier molecular flexibility index (Phi) is 5.98. The van der Waals surface area contributed by atoms with Gasteiger partial charge in [0.25, 0.3) is 0 Å². The highest BCUT2D eigenvalue weighted by Crippen LogP contribution is 2.20. The lowest BCUT2D eigenvalue weighted by atomic mass is 10.2. The van der Waals surface area contributed by atoms with Gasteiger partial charge in [-0.25, -0.2) is 8.78 Å². The summed E-state index contributed by atoms with van der Waals surface area (Å²) < 4.78 is 37.0. The fourth-order valence-electron chi connectivity index (χ4n) is 2.61. The van der Waals surface area contributed by atoms with E-state index in [9.17, 15) is 13.6 Å². The maximum Gasteiger partial charge on any atom is 0.227 e. The Bertz CT molecular complexity index is 958. The summed E-state index contributed by atoms with van der Waals surface area (Å²) >= 11 is 0. The summed E-state index contributed by atoms with van der Waals surface area (Å²) in [5, 5.41) is 3.92. The average molecular weight is 387 g/mol. The van der Waals surface area contributed by atoms with E-state index < -0.39 is 11.6 Å². The van der Waals surface area contributed by atoms with Crippen LogP contribution in [0.4, 0.5) is 8.78 Å². The van der Waals surface area contributed by atoms with Crippen LogP contribution >= 0.6 is 0 Å². The second-order valence-electron chi connectivity index (χ2n) is 6.23. The van der Waals surface area contributed by atoms with E-state index in [1.165, 1.54) is 11.0 Å². The van der Waals surface area contributed by atoms with Crippen LogP contribution in [-0.2, 0) is 17.8 Å². The van der Waals surface area contributed by atoms with E-state index in [0.717, 1.165) is 23.4 Å². The number of nitrogens with zero attached hydrogens (tertiary/aromatic N) is 3. The number of aromatic nitrogens is 2. The van der Waals surface area contributed by atoms with Crippen molar-refractivity contribution in [2.24, 2.45) is 0 Å². The lowest BCUT2D eigenvalue weighted by molar-refractivity contribution is -0.130. The van der Waals surface area contributed by atoms with Crippen molar-refractivity contribution < 1.29 is 22.8 Å². The minimum absolute atomic E-state index is 0.0475. The SMILES string of the molecule is COc1ccc(-c2noc(CCC(=O)N(C)Cc3ccc(F)cc3F)n2)cc1. The number of amides is 1. The van der Waals surface area contributed by atoms with E-state index in [1.807, 2.05) is 12.1 Å². The van der Waals surface area contributed by atoms with Gasteiger partial charge in [-0.1, -0.05) is 11.2 Å². The monoisotopic (exact) mass is 387 g/mol. The van der Waals surface area contributed by atoms with Crippen molar-refractivity contribution in [2.45, 2.75) is 19.4 Å². The number of carbonyl (C=O) groups excluding carboxylic acids is 1. The summed E-state index contributed by atoms with van der Waals surface area (Å²) in [7, 11) is 3.14. The maximum atomic E-state index is 13.7. The minimum atomic E-state index is -0.680. The van der Waals surface area contributed by atoms with E-state index in [-0.39, 0.29) is 30.9 Å². The standard InChI is InChI=1S/C20H19F2N3O3/c1-25(12-14-3-6-15(21)11-17(14)22)19(26)10-9-18-23-20(24-28-18)13-4-7-16(27-2)8-5-13/h3-8,11H,9-10,12H2,1-2H3. The molecule has 0 aliphatic heterocycles. The van der Waals surface area contributed by atoms with Crippen LogP contribution in [0.2, 0.25) is 0 Å². The third-order valence-electron chi connectivity index (χ3n) is 4.22. The van der Waals surface area contributed by atoms with Crippen LogP contribution in [0.25, 0.3) is 11.4 Å². The first kappa shape index (κ1) is 19.5. The molecule has 1 aromatic heterocycles. The van der Waals surface area contributed by atoms with E-state index in [0.29, 0.717) is 11.7 Å². The first-order valence-electron chi connectivity index (χ1n) is 8.61. The molecule has 0 unspecified atom stereocenters. The van der Waals surface area contributed by atoms with Crippen molar-refractivity contribution in [1.29, 1.82) is 0 Å². The lowest BCUT2D eigenvalue weighted by Crippen LogP contribution is -2.26. The number of hydrogen-bond acceptors (Lipinski definition) is 5. The molecule has 1 heterocycles. The number of halogens is 2. The predicted octanol–water partition coefficient (Wildman–Crippen LogP) is 3.61. The van der Waals surface area contributed by atoms with Crippen LogP contribution in [-0.4, -0.2) is 35.1 Å². The summed E-state index contributed by atoms with van der Waals surface area (Å²) in [5.74, 6) is -0.0704. The van der Waals surface area contributed by atoms with Gasteiger partial charge in [0.2, 0.25) is 17.6 Å². The highest BCUT2D eigenvalue weighted by Gasteiger charge is 2.15. The molecule has 0 atom stereocenters. The highest BCUT2D eigenvalue weighted by atomic mass is 19.1. The molecule has 0 radical (unpaired) electrons. The Morgan fingerprint density at radius 3 is 2.61 bits per heavy atom. The fraction of sp³-hybridized carbons (Fsp3) is 0.250. The van der Waals surface area contributed by atoms with Crippen molar-refractivity contribution in [3.8, 4) is 17.1 Å². The van der Waals surface area contributed by atoms with E-state index in [4.69, 9.17) is 9.26 Å². The van der Waals surface area contributed by atoms with Gasteiger partial charge in [0.05, 0.1) is 7.11 Å². The molecule has 146 valence electrons. The number of rotatable bonds is 7. The topological polar surface area (TPSA) is 68.5 Å². The van der Waals surface area contributed by atoms with Crippen molar-refractivity contribution in [3.63, 3.8) is 0 Å². The molecule has 0 spiro atoms. The van der Waals surface area contributed by atoms with Gasteiger partial charge in [-0.05, 0) is 30.3 Å². The first-order chi connectivity index (χ1) is 13.5.